The van der Waals surface area contributed by atoms with E-state index in [2.05, 4.69) is 20.6 Å². The number of aromatic nitrogens is 2. The number of rotatable bonds is 6. The van der Waals surface area contributed by atoms with Crippen LogP contribution in [-0.4, -0.2) is 44.3 Å². The Morgan fingerprint density at radius 2 is 1.62 bits per heavy atom. The normalized spacial score (nSPS) is 12.6. The van der Waals surface area contributed by atoms with Crippen LogP contribution in [0.2, 0.25) is 0 Å². The third-order valence-corrected chi connectivity index (χ3v) is 3.50. The highest BCUT2D eigenvalue weighted by atomic mass is 16.6. The first-order chi connectivity index (χ1) is 13.4. The van der Waals surface area contributed by atoms with Crippen molar-refractivity contribution in [2.24, 2.45) is 0 Å². The first-order valence-electron chi connectivity index (χ1n) is 9.02. The summed E-state index contributed by atoms with van der Waals surface area (Å²) in [5, 5.41) is 15.4. The van der Waals surface area contributed by atoms with Crippen LogP contribution in [0.1, 0.15) is 34.6 Å². The molecule has 2 aromatic rings. The number of alkyl carbamates (subject to hydrolysis) is 1. The Balaban J connectivity index is 2.04. The highest BCUT2D eigenvalue weighted by Gasteiger charge is 2.36. The van der Waals surface area contributed by atoms with E-state index in [0.717, 1.165) is 0 Å². The lowest BCUT2D eigenvalue weighted by atomic mass is 9.98. The first-order valence-corrected chi connectivity index (χ1v) is 9.02. The quantitative estimate of drug-likeness (QED) is 0.679. The van der Waals surface area contributed by atoms with Gasteiger partial charge in [-0.2, -0.15) is 0 Å². The van der Waals surface area contributed by atoms with Crippen LogP contribution in [0.5, 0.6) is 11.8 Å². The predicted octanol–water partition coefficient (Wildman–Crippen LogP) is 2.87. The summed E-state index contributed by atoms with van der Waals surface area (Å²) >= 11 is 0. The van der Waals surface area contributed by atoms with E-state index in [-0.39, 0.29) is 6.01 Å². The summed E-state index contributed by atoms with van der Waals surface area (Å²) in [6.45, 7) is 7.96. The van der Waals surface area contributed by atoms with Crippen molar-refractivity contribution in [3.63, 3.8) is 0 Å². The molecule has 9 heteroatoms. The number of nitrogens with zero attached hydrogens (tertiary/aromatic N) is 2. The third kappa shape index (κ3) is 7.38. The van der Waals surface area contributed by atoms with E-state index in [4.69, 9.17) is 9.47 Å². The van der Waals surface area contributed by atoms with E-state index in [1.807, 2.05) is 0 Å². The van der Waals surface area contributed by atoms with Crippen LogP contribution in [0.3, 0.4) is 0 Å². The Morgan fingerprint density at radius 3 is 2.14 bits per heavy atom. The molecule has 0 fully saturated rings. The largest absolute Gasteiger partial charge is 0.444 e. The number of ether oxygens (including phenoxy) is 2. The van der Waals surface area contributed by atoms with Crippen molar-refractivity contribution >= 4 is 17.7 Å². The fraction of sp³-hybridized carbons (Fsp3) is 0.400. The molecule has 0 aliphatic heterocycles. The Labute approximate surface area is 169 Å². The van der Waals surface area contributed by atoms with Gasteiger partial charge in [-0.3, -0.25) is 4.79 Å². The lowest BCUT2D eigenvalue weighted by Crippen LogP contribution is -2.56. The number of carbonyl (C=O) groups excluding carboxylic acids is 2. The molecule has 0 aliphatic carbocycles. The van der Waals surface area contributed by atoms with Crippen LogP contribution < -0.4 is 15.4 Å². The summed E-state index contributed by atoms with van der Waals surface area (Å²) in [4.78, 5) is 32.6. The summed E-state index contributed by atoms with van der Waals surface area (Å²) in [6.07, 6.45) is 2.32. The van der Waals surface area contributed by atoms with E-state index in [9.17, 15) is 14.7 Å². The molecule has 0 saturated carbocycles. The molecule has 2 amide bonds. The van der Waals surface area contributed by atoms with Gasteiger partial charge < -0.3 is 25.2 Å². The van der Waals surface area contributed by atoms with Gasteiger partial charge in [0.15, 0.2) is 0 Å². The summed E-state index contributed by atoms with van der Waals surface area (Å²) in [5.74, 6) is -0.108. The van der Waals surface area contributed by atoms with Crippen molar-refractivity contribution in [2.45, 2.75) is 51.9 Å². The maximum atomic E-state index is 12.6. The van der Waals surface area contributed by atoms with Crippen LogP contribution >= 0.6 is 0 Å². The van der Waals surface area contributed by atoms with E-state index in [0.29, 0.717) is 11.4 Å². The van der Waals surface area contributed by atoms with Gasteiger partial charge in [-0.15, -0.1) is 0 Å². The Morgan fingerprint density at radius 1 is 1.03 bits per heavy atom. The van der Waals surface area contributed by atoms with E-state index in [1.165, 1.54) is 13.8 Å². The zero-order valence-corrected chi connectivity index (χ0v) is 17.1. The van der Waals surface area contributed by atoms with Crippen LogP contribution in [0, 0.1) is 0 Å². The monoisotopic (exact) mass is 402 g/mol. The van der Waals surface area contributed by atoms with Crippen molar-refractivity contribution in [1.82, 2.24) is 15.3 Å². The van der Waals surface area contributed by atoms with Crippen molar-refractivity contribution in [2.75, 3.05) is 5.32 Å². The number of nitrogens with one attached hydrogen (secondary N) is 2. The third-order valence-electron chi connectivity index (χ3n) is 3.50. The topological polar surface area (TPSA) is 123 Å². The number of benzene rings is 1. The van der Waals surface area contributed by atoms with Gasteiger partial charge in [0.1, 0.15) is 17.4 Å². The molecule has 0 aliphatic rings. The molecule has 0 radical (unpaired) electrons. The minimum absolute atomic E-state index is 0.202. The van der Waals surface area contributed by atoms with Crippen molar-refractivity contribution in [3.05, 3.63) is 42.7 Å². The minimum Gasteiger partial charge on any atom is -0.444 e. The Bertz CT molecular complexity index is 827. The molecule has 0 bridgehead atoms. The first kappa shape index (κ1) is 22.1. The second-order valence-electron chi connectivity index (χ2n) is 7.88. The molecule has 0 spiro atoms. The van der Waals surface area contributed by atoms with Crippen molar-refractivity contribution in [1.29, 1.82) is 0 Å². The molecule has 0 saturated heterocycles. The zero-order chi connectivity index (χ0) is 21.7. The number of hydrogen-bond acceptors (Lipinski definition) is 7. The summed E-state index contributed by atoms with van der Waals surface area (Å²) in [6, 6.07) is 7.14. The molecule has 1 heterocycles. The number of aliphatic hydroxyl groups is 1. The summed E-state index contributed by atoms with van der Waals surface area (Å²) in [5.41, 5.74) is -1.80. The number of anilines is 1. The van der Waals surface area contributed by atoms with E-state index in [1.54, 1.807) is 63.5 Å². The van der Waals surface area contributed by atoms with Crippen LogP contribution in [-0.2, 0) is 9.53 Å². The van der Waals surface area contributed by atoms with Crippen molar-refractivity contribution < 1.29 is 24.2 Å². The zero-order valence-electron chi connectivity index (χ0n) is 17.1. The summed E-state index contributed by atoms with van der Waals surface area (Å²) < 4.78 is 10.7. The van der Waals surface area contributed by atoms with Gasteiger partial charge >= 0.3 is 12.1 Å². The molecular formula is C20H26N4O5. The predicted molar refractivity (Wildman–Crippen MR) is 107 cm³/mol. The average Bonchev–Trinajstić information content (AvgIpc) is 2.60. The summed E-state index contributed by atoms with van der Waals surface area (Å²) in [7, 11) is 0. The van der Waals surface area contributed by atoms with Crippen molar-refractivity contribution in [3.8, 4) is 11.8 Å². The average molecular weight is 402 g/mol. The fourth-order valence-corrected chi connectivity index (χ4v) is 2.25. The van der Waals surface area contributed by atoms with Gasteiger partial charge in [0, 0.05) is 18.1 Å². The molecule has 3 N–H and O–H groups in total. The molecule has 156 valence electrons. The Kier molecular flexibility index (Phi) is 6.76. The second-order valence-corrected chi connectivity index (χ2v) is 7.88. The number of amides is 2. The van der Waals surface area contributed by atoms with Gasteiger partial charge in [-0.1, -0.05) is 0 Å². The molecule has 1 aromatic heterocycles. The van der Waals surface area contributed by atoms with E-state index >= 15 is 0 Å². The van der Waals surface area contributed by atoms with Gasteiger partial charge in [0.05, 0.1) is 5.60 Å². The lowest BCUT2D eigenvalue weighted by Gasteiger charge is -2.30. The molecule has 1 aromatic carbocycles. The molecular weight excluding hydrogens is 376 g/mol. The SMILES string of the molecule is CC(C)(C)OC(=O)N[C@H](C(=O)Nc1ccc(Oc2ncccn2)cc1)C(C)(C)O. The van der Waals surface area contributed by atoms with Gasteiger partial charge in [-0.05, 0) is 65.0 Å². The van der Waals surface area contributed by atoms with Crippen LogP contribution in [0.15, 0.2) is 42.7 Å². The Hall–Kier alpha value is -3.20. The fourth-order valence-electron chi connectivity index (χ4n) is 2.25. The van der Waals surface area contributed by atoms with Gasteiger partial charge in [0.2, 0.25) is 5.91 Å². The van der Waals surface area contributed by atoms with Crippen LogP contribution in [0.4, 0.5) is 10.5 Å². The highest BCUT2D eigenvalue weighted by molar-refractivity contribution is 5.97. The van der Waals surface area contributed by atoms with Gasteiger partial charge in [0.25, 0.3) is 0 Å². The number of carbonyl (C=O) groups is 2. The van der Waals surface area contributed by atoms with E-state index < -0.39 is 29.2 Å². The second kappa shape index (κ2) is 8.87. The smallest absolute Gasteiger partial charge is 0.408 e. The van der Waals surface area contributed by atoms with Crippen LogP contribution in [0.25, 0.3) is 0 Å². The maximum absolute atomic E-state index is 12.6. The highest BCUT2D eigenvalue weighted by Crippen LogP contribution is 2.21. The number of hydrogen-bond donors (Lipinski definition) is 3. The molecule has 1 atom stereocenters. The molecule has 9 nitrogen and oxygen atoms in total. The standard InChI is InChI=1S/C20H26N4O5/c1-19(2,3)29-18(26)24-15(20(4,5)27)16(25)23-13-7-9-14(10-8-13)28-17-21-11-6-12-22-17/h6-12,15,27H,1-5H3,(H,23,25)(H,24,26)/t15-/m1/s1. The van der Waals surface area contributed by atoms with Gasteiger partial charge in [-0.25, -0.2) is 14.8 Å². The maximum Gasteiger partial charge on any atom is 0.408 e. The lowest BCUT2D eigenvalue weighted by molar-refractivity contribution is -0.123. The molecule has 29 heavy (non-hydrogen) atoms. The molecule has 2 rings (SSSR count). The minimum atomic E-state index is -1.52. The molecule has 0 unspecified atom stereocenters.